The summed E-state index contributed by atoms with van der Waals surface area (Å²) in [4.78, 5) is 26.1. The number of halogens is 1. The fraction of sp³-hybridized carbons (Fsp3) is 0.375. The molecule has 0 spiro atoms. The highest BCUT2D eigenvalue weighted by Crippen LogP contribution is 2.34. The first kappa shape index (κ1) is 13.4. The Kier molecular flexibility index (Phi) is 3.62. The summed E-state index contributed by atoms with van der Waals surface area (Å²) in [6.45, 7) is 1.23. The molecule has 0 aromatic heterocycles. The molecule has 0 radical (unpaired) electrons. The zero-order valence-electron chi connectivity index (χ0n) is 11.1. The van der Waals surface area contributed by atoms with E-state index in [2.05, 4.69) is 0 Å². The maximum Gasteiger partial charge on any atom is 0.266 e. The summed E-state index contributed by atoms with van der Waals surface area (Å²) in [6.07, 6.45) is 2.02. The lowest BCUT2D eigenvalue weighted by molar-refractivity contribution is -0.127. The molecule has 1 aromatic rings. The van der Waals surface area contributed by atoms with Crippen molar-refractivity contribution in [2.45, 2.75) is 25.8 Å². The molecule has 2 aliphatic rings. The molecular weight excluding hydrogens is 274 g/mol. The molecule has 1 aliphatic carbocycles. The van der Waals surface area contributed by atoms with Gasteiger partial charge in [-0.2, -0.15) is 0 Å². The maximum atomic E-state index is 12.4. The third kappa shape index (κ3) is 2.50. The first-order valence-corrected chi connectivity index (χ1v) is 7.28. The fourth-order valence-electron chi connectivity index (χ4n) is 2.96. The van der Waals surface area contributed by atoms with Gasteiger partial charge in [-0.3, -0.25) is 9.59 Å². The van der Waals surface area contributed by atoms with Gasteiger partial charge in [-0.25, -0.2) is 0 Å². The second kappa shape index (κ2) is 5.41. The van der Waals surface area contributed by atoms with Crippen molar-refractivity contribution in [2.24, 2.45) is 5.92 Å². The third-order valence-electron chi connectivity index (χ3n) is 4.04. The number of carbonyl (C=O) groups excluding carboxylic acids is 2. The number of hydrogen-bond donors (Lipinski definition) is 0. The van der Waals surface area contributed by atoms with E-state index in [-0.39, 0.29) is 16.7 Å². The zero-order chi connectivity index (χ0) is 14.1. The Balaban J connectivity index is 1.88. The molecule has 0 N–H and O–H groups in total. The number of amides is 1. The van der Waals surface area contributed by atoms with E-state index < -0.39 is 0 Å². The van der Waals surface area contributed by atoms with Crippen molar-refractivity contribution in [2.75, 3.05) is 6.54 Å². The number of hydrogen-bond acceptors (Lipinski definition) is 2. The van der Waals surface area contributed by atoms with Gasteiger partial charge in [0, 0.05) is 25.1 Å². The molecule has 0 saturated heterocycles. The van der Waals surface area contributed by atoms with Gasteiger partial charge >= 0.3 is 0 Å². The summed E-state index contributed by atoms with van der Waals surface area (Å²) < 4.78 is 0. The van der Waals surface area contributed by atoms with E-state index in [9.17, 15) is 9.59 Å². The topological polar surface area (TPSA) is 37.4 Å². The maximum absolute atomic E-state index is 12.4. The second-order valence-electron chi connectivity index (χ2n) is 5.50. The predicted molar refractivity (Wildman–Crippen MR) is 77.1 cm³/mol. The molecule has 4 heteroatoms. The minimum Gasteiger partial charge on any atom is -0.333 e. The quantitative estimate of drug-likeness (QED) is 0.839. The van der Waals surface area contributed by atoms with Crippen molar-refractivity contribution in [3.8, 4) is 0 Å². The summed E-state index contributed by atoms with van der Waals surface area (Å²) in [5, 5.41) is 0.133. The van der Waals surface area contributed by atoms with Crippen LogP contribution in [0.4, 0.5) is 0 Å². The predicted octanol–water partition coefficient (Wildman–Crippen LogP) is 2.89. The number of rotatable bonds is 2. The van der Waals surface area contributed by atoms with Gasteiger partial charge in [0.2, 0.25) is 0 Å². The Labute approximate surface area is 123 Å². The van der Waals surface area contributed by atoms with Gasteiger partial charge in [0.1, 0.15) is 5.03 Å². The van der Waals surface area contributed by atoms with Crippen LogP contribution in [-0.4, -0.2) is 23.1 Å². The number of benzene rings is 1. The Morgan fingerprint density at radius 1 is 1.20 bits per heavy atom. The summed E-state index contributed by atoms with van der Waals surface area (Å²) in [7, 11) is 0. The Hall–Kier alpha value is -1.61. The molecule has 1 aliphatic heterocycles. The number of nitrogens with zero attached hydrogens (tertiary/aromatic N) is 1. The van der Waals surface area contributed by atoms with Gasteiger partial charge in [-0.1, -0.05) is 41.9 Å². The van der Waals surface area contributed by atoms with Gasteiger partial charge in [-0.15, -0.1) is 0 Å². The van der Waals surface area contributed by atoms with Gasteiger partial charge in [0.05, 0.1) is 0 Å². The minimum absolute atomic E-state index is 0.0427. The van der Waals surface area contributed by atoms with Gasteiger partial charge in [-0.05, 0) is 24.3 Å². The molecule has 1 atom stereocenters. The Morgan fingerprint density at radius 2 is 1.95 bits per heavy atom. The van der Waals surface area contributed by atoms with Crippen LogP contribution in [0, 0.1) is 5.92 Å². The molecule has 2 bridgehead atoms. The SMILES string of the molecule is O=C1CC[C@H]2CC1=C(Cl)C(=O)N(Cc1ccccc1)C2. The lowest BCUT2D eigenvalue weighted by atomic mass is 9.85. The molecule has 20 heavy (non-hydrogen) atoms. The Morgan fingerprint density at radius 3 is 2.70 bits per heavy atom. The standard InChI is InChI=1S/C16H16ClNO2/c17-15-13-8-12(6-7-14(13)19)10-18(16(15)20)9-11-4-2-1-3-5-11/h1-5,12H,6-10H2/t12-/m0/s1. The highest BCUT2D eigenvalue weighted by atomic mass is 35.5. The van der Waals surface area contributed by atoms with Crippen LogP contribution in [0.25, 0.3) is 0 Å². The highest BCUT2D eigenvalue weighted by molar-refractivity contribution is 6.44. The van der Waals surface area contributed by atoms with E-state index in [0.29, 0.717) is 37.4 Å². The van der Waals surface area contributed by atoms with Gasteiger partial charge < -0.3 is 4.90 Å². The number of carbonyl (C=O) groups is 2. The number of Topliss-reactive ketones (excluding diaryl/α,β-unsaturated/α-hetero) is 1. The highest BCUT2D eigenvalue weighted by Gasteiger charge is 2.34. The molecule has 104 valence electrons. The van der Waals surface area contributed by atoms with E-state index in [1.807, 2.05) is 30.3 Å². The molecule has 1 heterocycles. The van der Waals surface area contributed by atoms with Crippen molar-refractivity contribution >= 4 is 23.3 Å². The number of ketones is 1. The smallest absolute Gasteiger partial charge is 0.266 e. The minimum atomic E-state index is -0.205. The lowest BCUT2D eigenvalue weighted by Crippen LogP contribution is -2.33. The summed E-state index contributed by atoms with van der Waals surface area (Å²) >= 11 is 6.16. The number of fused-ring (bicyclic) bond motifs is 2. The van der Waals surface area contributed by atoms with Gasteiger partial charge in [0.25, 0.3) is 5.91 Å². The van der Waals surface area contributed by atoms with Crippen molar-refractivity contribution < 1.29 is 9.59 Å². The van der Waals surface area contributed by atoms with Crippen LogP contribution in [0.15, 0.2) is 40.9 Å². The average Bonchev–Trinajstić information content (AvgIpc) is 2.56. The van der Waals surface area contributed by atoms with Crippen molar-refractivity contribution in [3.05, 3.63) is 46.5 Å². The number of allylic oxidation sites excluding steroid dienone is 1. The largest absolute Gasteiger partial charge is 0.333 e. The second-order valence-corrected chi connectivity index (χ2v) is 5.87. The van der Waals surface area contributed by atoms with Crippen LogP contribution in [0.1, 0.15) is 24.8 Å². The van der Waals surface area contributed by atoms with Crippen molar-refractivity contribution in [3.63, 3.8) is 0 Å². The summed E-state index contributed by atoms with van der Waals surface area (Å²) in [5.41, 5.74) is 1.63. The molecule has 1 fully saturated rings. The van der Waals surface area contributed by atoms with E-state index in [4.69, 9.17) is 11.6 Å². The van der Waals surface area contributed by atoms with E-state index >= 15 is 0 Å². The summed E-state index contributed by atoms with van der Waals surface area (Å²) in [6, 6.07) is 9.86. The van der Waals surface area contributed by atoms with E-state index in [0.717, 1.165) is 12.0 Å². The Bertz CT molecular complexity index is 579. The van der Waals surface area contributed by atoms with Crippen LogP contribution in [0.5, 0.6) is 0 Å². The molecular formula is C16H16ClNO2. The van der Waals surface area contributed by atoms with E-state index in [1.54, 1.807) is 4.90 Å². The molecule has 1 aromatic carbocycles. The van der Waals surface area contributed by atoms with Crippen LogP contribution in [0.2, 0.25) is 0 Å². The average molecular weight is 290 g/mol. The van der Waals surface area contributed by atoms with Crippen LogP contribution in [0.3, 0.4) is 0 Å². The normalized spacial score (nSPS) is 23.1. The molecule has 0 unspecified atom stereocenters. The van der Waals surface area contributed by atoms with Gasteiger partial charge in [0.15, 0.2) is 5.78 Å². The van der Waals surface area contributed by atoms with Crippen molar-refractivity contribution in [1.29, 1.82) is 0 Å². The van der Waals surface area contributed by atoms with Crippen LogP contribution >= 0.6 is 11.6 Å². The molecule has 3 rings (SSSR count). The molecule has 3 nitrogen and oxygen atoms in total. The lowest BCUT2D eigenvalue weighted by Gasteiger charge is -2.26. The first-order valence-electron chi connectivity index (χ1n) is 6.90. The molecule has 1 saturated carbocycles. The first-order chi connectivity index (χ1) is 9.65. The molecule has 1 amide bonds. The monoisotopic (exact) mass is 289 g/mol. The van der Waals surface area contributed by atoms with E-state index in [1.165, 1.54) is 0 Å². The summed E-state index contributed by atoms with van der Waals surface area (Å²) in [5.74, 6) is 0.191. The van der Waals surface area contributed by atoms with Crippen LogP contribution < -0.4 is 0 Å². The van der Waals surface area contributed by atoms with Crippen LogP contribution in [-0.2, 0) is 16.1 Å². The fourth-order valence-corrected chi connectivity index (χ4v) is 3.26. The third-order valence-corrected chi connectivity index (χ3v) is 4.43. The zero-order valence-corrected chi connectivity index (χ0v) is 11.9. The van der Waals surface area contributed by atoms with Crippen molar-refractivity contribution in [1.82, 2.24) is 4.90 Å².